The van der Waals surface area contributed by atoms with Crippen molar-refractivity contribution in [2.75, 3.05) is 13.2 Å². The van der Waals surface area contributed by atoms with Crippen molar-refractivity contribution in [1.82, 2.24) is 0 Å². The molecule has 1 unspecified atom stereocenters. The second kappa shape index (κ2) is 71.1. The highest BCUT2D eigenvalue weighted by molar-refractivity contribution is 5.71. The van der Waals surface area contributed by atoms with Gasteiger partial charge >= 0.3 is 17.9 Å². The molecule has 0 heterocycles. The minimum absolute atomic E-state index is 0.0718. The van der Waals surface area contributed by atoms with Gasteiger partial charge in [-0.1, -0.05) is 378 Å². The molecule has 0 aromatic carbocycles. The van der Waals surface area contributed by atoms with Crippen molar-refractivity contribution in [2.45, 2.75) is 419 Å². The van der Waals surface area contributed by atoms with E-state index in [4.69, 9.17) is 14.2 Å². The van der Waals surface area contributed by atoms with Crippen molar-refractivity contribution >= 4 is 17.9 Å². The Morgan fingerprint density at radius 1 is 0.256 bits per heavy atom. The van der Waals surface area contributed by atoms with Gasteiger partial charge in [-0.05, 0) is 51.4 Å². The lowest BCUT2D eigenvalue weighted by atomic mass is 10.0. The van der Waals surface area contributed by atoms with Gasteiger partial charge in [0.1, 0.15) is 13.2 Å². The van der Waals surface area contributed by atoms with E-state index < -0.39 is 6.10 Å². The third-order valence-electron chi connectivity index (χ3n) is 16.9. The van der Waals surface area contributed by atoms with E-state index in [0.29, 0.717) is 19.3 Å². The van der Waals surface area contributed by atoms with Crippen LogP contribution < -0.4 is 0 Å². The monoisotopic (exact) mass is 1150 g/mol. The quantitative estimate of drug-likeness (QED) is 0.0261. The van der Waals surface area contributed by atoms with Crippen LogP contribution in [0.4, 0.5) is 0 Å². The first kappa shape index (κ1) is 79.6. The summed E-state index contributed by atoms with van der Waals surface area (Å²) in [6.07, 6.45) is 89.1. The SMILES string of the molecule is CC/C=C\C/C=C\C/C=C\CCCCCCCC(=O)OCC(COC(=O)CCCCCCCCCCCCCCCCCCCCCCCCCCCCCCCC)OC(=O)CCCCCCCCCCCCCCCCCCCCC. The van der Waals surface area contributed by atoms with Gasteiger partial charge in [0.15, 0.2) is 6.10 Å². The zero-order valence-corrected chi connectivity index (χ0v) is 55.5. The molecule has 0 fully saturated rings. The number of rotatable bonds is 69. The third kappa shape index (κ3) is 68.4. The highest BCUT2D eigenvalue weighted by Crippen LogP contribution is 2.19. The Morgan fingerprint density at radius 2 is 0.476 bits per heavy atom. The number of allylic oxidation sites excluding steroid dienone is 6. The van der Waals surface area contributed by atoms with Crippen LogP contribution in [-0.2, 0) is 28.6 Å². The van der Waals surface area contributed by atoms with Crippen LogP contribution in [0.2, 0.25) is 0 Å². The predicted molar refractivity (Wildman–Crippen MR) is 358 cm³/mol. The van der Waals surface area contributed by atoms with Gasteiger partial charge in [-0.15, -0.1) is 0 Å². The molecule has 0 N–H and O–H groups in total. The van der Waals surface area contributed by atoms with E-state index in [1.807, 2.05) is 0 Å². The largest absolute Gasteiger partial charge is 0.462 e. The normalized spacial score (nSPS) is 12.2. The molecule has 0 saturated heterocycles. The first-order valence-corrected chi connectivity index (χ1v) is 37.0. The molecule has 0 aromatic rings. The lowest BCUT2D eigenvalue weighted by Gasteiger charge is -2.18. The molecule has 6 nitrogen and oxygen atoms in total. The molecule has 0 spiro atoms. The van der Waals surface area contributed by atoms with Crippen molar-refractivity contribution in [3.63, 3.8) is 0 Å². The molecule has 0 radical (unpaired) electrons. The van der Waals surface area contributed by atoms with Gasteiger partial charge in [-0.25, -0.2) is 0 Å². The molecular weight excluding hydrogens is 1010 g/mol. The minimum Gasteiger partial charge on any atom is -0.462 e. The number of ether oxygens (including phenoxy) is 3. The molecule has 0 aliphatic carbocycles. The second-order valence-corrected chi connectivity index (χ2v) is 25.2. The zero-order valence-electron chi connectivity index (χ0n) is 55.5. The van der Waals surface area contributed by atoms with Crippen LogP contribution in [0.15, 0.2) is 36.5 Å². The van der Waals surface area contributed by atoms with E-state index in [0.717, 1.165) is 96.3 Å². The summed E-state index contributed by atoms with van der Waals surface area (Å²) in [5.74, 6) is -0.857. The highest BCUT2D eigenvalue weighted by Gasteiger charge is 2.20. The highest BCUT2D eigenvalue weighted by atomic mass is 16.6. The summed E-state index contributed by atoms with van der Waals surface area (Å²) in [6.45, 7) is 6.60. The summed E-state index contributed by atoms with van der Waals surface area (Å²) in [5.41, 5.74) is 0. The number of hydrogen-bond acceptors (Lipinski definition) is 6. The van der Waals surface area contributed by atoms with Crippen LogP contribution in [0, 0.1) is 0 Å². The Hall–Kier alpha value is -2.37. The molecule has 0 aliphatic rings. The molecule has 0 bridgehead atoms. The van der Waals surface area contributed by atoms with E-state index in [1.54, 1.807) is 0 Å². The molecule has 0 aromatic heterocycles. The molecule has 0 rings (SSSR count). The Bertz CT molecular complexity index is 1370. The first-order valence-electron chi connectivity index (χ1n) is 37.0. The van der Waals surface area contributed by atoms with Gasteiger partial charge in [-0.2, -0.15) is 0 Å². The van der Waals surface area contributed by atoms with Gasteiger partial charge in [0.25, 0.3) is 0 Å². The molecule has 0 saturated carbocycles. The average Bonchev–Trinajstić information content (AvgIpc) is 3.47. The van der Waals surface area contributed by atoms with Crippen molar-refractivity contribution in [3.8, 4) is 0 Å². The lowest BCUT2D eigenvalue weighted by Crippen LogP contribution is -2.30. The second-order valence-electron chi connectivity index (χ2n) is 25.2. The van der Waals surface area contributed by atoms with Gasteiger partial charge in [0, 0.05) is 19.3 Å². The van der Waals surface area contributed by atoms with Crippen LogP contribution >= 0.6 is 0 Å². The summed E-state index contributed by atoms with van der Waals surface area (Å²) in [7, 11) is 0. The molecule has 1 atom stereocenters. The number of hydrogen-bond donors (Lipinski definition) is 0. The summed E-state index contributed by atoms with van der Waals surface area (Å²) in [5, 5.41) is 0. The van der Waals surface area contributed by atoms with Crippen molar-refractivity contribution < 1.29 is 28.6 Å². The van der Waals surface area contributed by atoms with E-state index in [1.165, 1.54) is 276 Å². The predicted octanol–water partition coefficient (Wildman–Crippen LogP) is 25.5. The van der Waals surface area contributed by atoms with Gasteiger partial charge < -0.3 is 14.2 Å². The van der Waals surface area contributed by atoms with E-state index in [2.05, 4.69) is 57.2 Å². The number of unbranched alkanes of at least 4 members (excludes halogenated alkanes) is 52. The van der Waals surface area contributed by atoms with Crippen molar-refractivity contribution in [3.05, 3.63) is 36.5 Å². The van der Waals surface area contributed by atoms with Crippen LogP contribution in [0.25, 0.3) is 0 Å². The fourth-order valence-corrected chi connectivity index (χ4v) is 11.4. The third-order valence-corrected chi connectivity index (χ3v) is 16.9. The minimum atomic E-state index is -0.777. The molecular formula is C76H142O6. The molecule has 82 heavy (non-hydrogen) atoms. The first-order chi connectivity index (χ1) is 40.5. The smallest absolute Gasteiger partial charge is 0.306 e. The Balaban J connectivity index is 4.18. The molecule has 482 valence electrons. The maximum atomic E-state index is 13.0. The Kier molecular flexibility index (Phi) is 69.1. The summed E-state index contributed by atoms with van der Waals surface area (Å²) in [6, 6.07) is 0. The van der Waals surface area contributed by atoms with Crippen molar-refractivity contribution in [2.24, 2.45) is 0 Å². The fourth-order valence-electron chi connectivity index (χ4n) is 11.4. The number of esters is 3. The zero-order chi connectivity index (χ0) is 59.2. The lowest BCUT2D eigenvalue weighted by molar-refractivity contribution is -0.167. The van der Waals surface area contributed by atoms with Crippen LogP contribution in [-0.4, -0.2) is 37.2 Å². The maximum absolute atomic E-state index is 13.0. The van der Waals surface area contributed by atoms with Gasteiger partial charge in [0.05, 0.1) is 0 Å². The molecule has 6 heteroatoms. The number of carbonyl (C=O) groups excluding carboxylic acids is 3. The maximum Gasteiger partial charge on any atom is 0.306 e. The standard InChI is InChI=1S/C76H142O6/c1-4-7-10-13-16-19-22-25-28-30-32-33-34-35-36-37-38-39-40-41-42-44-45-48-51-54-57-60-63-66-69-75(78)81-72-73(71-80-74(77)68-65-62-59-56-53-50-47-27-24-21-18-15-12-9-6-3)82-76(79)70-67-64-61-58-55-52-49-46-43-31-29-26-23-20-17-14-11-8-5-2/h9,12,18,21,27,47,73H,4-8,10-11,13-17,19-20,22-26,28-46,48-72H2,1-3H3/b12-9-,21-18-,47-27-. The summed E-state index contributed by atoms with van der Waals surface area (Å²) >= 11 is 0. The van der Waals surface area contributed by atoms with Crippen LogP contribution in [0.1, 0.15) is 412 Å². The summed E-state index contributed by atoms with van der Waals surface area (Å²) in [4.78, 5) is 38.5. The topological polar surface area (TPSA) is 78.9 Å². The van der Waals surface area contributed by atoms with E-state index >= 15 is 0 Å². The van der Waals surface area contributed by atoms with Crippen molar-refractivity contribution in [1.29, 1.82) is 0 Å². The molecule has 0 amide bonds. The average molecular weight is 1150 g/mol. The number of carbonyl (C=O) groups is 3. The van der Waals surface area contributed by atoms with Gasteiger partial charge in [0.2, 0.25) is 0 Å². The van der Waals surface area contributed by atoms with Crippen LogP contribution in [0.5, 0.6) is 0 Å². The van der Waals surface area contributed by atoms with E-state index in [-0.39, 0.29) is 31.1 Å². The fraction of sp³-hybridized carbons (Fsp3) is 0.882. The Morgan fingerprint density at radius 3 is 0.744 bits per heavy atom. The van der Waals surface area contributed by atoms with E-state index in [9.17, 15) is 14.4 Å². The molecule has 0 aliphatic heterocycles. The van der Waals surface area contributed by atoms with Crippen LogP contribution in [0.3, 0.4) is 0 Å². The summed E-state index contributed by atoms with van der Waals surface area (Å²) < 4.78 is 17.0. The van der Waals surface area contributed by atoms with Gasteiger partial charge in [-0.3, -0.25) is 14.4 Å². The Labute approximate surface area is 512 Å².